The Balaban J connectivity index is 1.04. The van der Waals surface area contributed by atoms with Gasteiger partial charge in [-0.1, -0.05) is 133 Å². The van der Waals surface area contributed by atoms with Crippen LogP contribution in [-0.2, 0) is 9.47 Å². The monoisotopic (exact) mass is 921 g/mol. The molecule has 2 unspecified atom stereocenters. The molecule has 0 radical (unpaired) electrons. The van der Waals surface area contributed by atoms with E-state index < -0.39 is 0 Å². The summed E-state index contributed by atoms with van der Waals surface area (Å²) in [5, 5.41) is 0. The van der Waals surface area contributed by atoms with Gasteiger partial charge in [0.1, 0.15) is 11.5 Å². The summed E-state index contributed by atoms with van der Waals surface area (Å²) in [6, 6.07) is 40.4. The van der Waals surface area contributed by atoms with E-state index >= 15 is 0 Å². The van der Waals surface area contributed by atoms with Gasteiger partial charge in [0.25, 0.3) is 11.8 Å². The summed E-state index contributed by atoms with van der Waals surface area (Å²) in [5.74, 6) is 1.65. The van der Waals surface area contributed by atoms with E-state index in [2.05, 4.69) is 38.1 Å². The van der Waals surface area contributed by atoms with Crippen molar-refractivity contribution in [3.05, 3.63) is 132 Å². The van der Waals surface area contributed by atoms with Gasteiger partial charge in [-0.2, -0.15) is 0 Å². The average Bonchev–Trinajstić information content (AvgIpc) is 4.34. The van der Waals surface area contributed by atoms with Gasteiger partial charge in [0.15, 0.2) is 0 Å². The minimum atomic E-state index is -0.0392. The molecule has 362 valence electrons. The third-order valence-electron chi connectivity index (χ3n) is 13.2. The van der Waals surface area contributed by atoms with Crippen molar-refractivity contribution in [3.63, 3.8) is 0 Å². The lowest BCUT2D eigenvalue weighted by atomic mass is 10.0. The average molecular weight is 921 g/mol. The molecule has 7 rings (SSSR count). The minimum Gasteiger partial charge on any atom is -0.494 e. The lowest BCUT2D eigenvalue weighted by Crippen LogP contribution is -2.34. The Morgan fingerprint density at radius 3 is 1.18 bits per heavy atom. The minimum absolute atomic E-state index is 0.0392. The number of nitrogens with zero attached hydrogens (tertiary/aromatic N) is 2. The quantitative estimate of drug-likeness (QED) is 0.0316. The Kier molecular flexibility index (Phi) is 20.4. The molecule has 0 spiro atoms. The highest BCUT2D eigenvalue weighted by Gasteiger charge is 2.24. The van der Waals surface area contributed by atoms with Crippen LogP contribution >= 0.6 is 0 Å². The molecular formula is C60H76N2O6. The van der Waals surface area contributed by atoms with Gasteiger partial charge < -0.3 is 28.7 Å². The maximum absolute atomic E-state index is 14.6. The van der Waals surface area contributed by atoms with Crippen LogP contribution in [0.2, 0.25) is 0 Å². The van der Waals surface area contributed by atoms with Crippen molar-refractivity contribution >= 4 is 23.2 Å². The smallest absolute Gasteiger partial charge is 0.258 e. The molecule has 5 aromatic rings. The van der Waals surface area contributed by atoms with Crippen molar-refractivity contribution in [2.75, 3.05) is 49.3 Å². The molecule has 0 bridgehead atoms. The number of hydrogen-bond donors (Lipinski definition) is 0. The van der Waals surface area contributed by atoms with E-state index in [0.29, 0.717) is 49.6 Å². The molecule has 2 aliphatic rings. The number of unbranched alkanes of at least 4 members (excludes halogenated alkanes) is 12. The van der Waals surface area contributed by atoms with E-state index in [0.717, 1.165) is 135 Å². The van der Waals surface area contributed by atoms with Crippen LogP contribution in [0.15, 0.2) is 121 Å². The van der Waals surface area contributed by atoms with Crippen LogP contribution in [0.5, 0.6) is 11.5 Å². The summed E-state index contributed by atoms with van der Waals surface area (Å²) in [7, 11) is 0. The molecule has 0 saturated carbocycles. The van der Waals surface area contributed by atoms with Crippen LogP contribution in [-0.4, -0.2) is 63.5 Å². The van der Waals surface area contributed by atoms with E-state index in [4.69, 9.17) is 18.9 Å². The van der Waals surface area contributed by atoms with Crippen LogP contribution in [0.4, 0.5) is 11.4 Å². The Hall–Kier alpha value is -5.44. The lowest BCUT2D eigenvalue weighted by molar-refractivity contribution is 0.0980. The molecule has 2 atom stereocenters. The fourth-order valence-corrected chi connectivity index (χ4v) is 8.83. The van der Waals surface area contributed by atoms with Gasteiger partial charge in [-0.25, -0.2) is 0 Å². The third-order valence-corrected chi connectivity index (χ3v) is 13.2. The third kappa shape index (κ3) is 16.4. The molecule has 0 N–H and O–H groups in total. The normalized spacial score (nSPS) is 14.9. The molecule has 2 heterocycles. The van der Waals surface area contributed by atoms with E-state index in [1.165, 1.54) is 38.5 Å². The van der Waals surface area contributed by atoms with Crippen LogP contribution in [0, 0.1) is 0 Å². The number of anilines is 2. The summed E-state index contributed by atoms with van der Waals surface area (Å²) in [6.45, 7) is 8.89. The molecule has 2 aliphatic heterocycles. The van der Waals surface area contributed by atoms with E-state index in [1.54, 1.807) is 0 Å². The standard InChI is InChI=1S/C60H76N2O6/c1-3-5-7-9-11-15-40-61(59(63)51-28-24-47(25-29-51)49-32-36-55(37-33-49)65-42-17-13-22-57-45-67-57)53-20-19-21-54(44-53)62(41-16-12-10-8-6-4-2)60(64)52-30-26-48(27-31-52)50-34-38-56(39-35-50)66-43-18-14-23-58-46-68-58/h19-21,24-39,44,57-58H,3-18,22-23,40-43,45-46H2,1-2H3. The number of carbonyl (C=O) groups is 2. The van der Waals surface area contributed by atoms with Gasteiger partial charge >= 0.3 is 0 Å². The Bertz CT molecular complexity index is 2080. The molecule has 0 aromatic heterocycles. The van der Waals surface area contributed by atoms with Crippen LogP contribution in [0.1, 0.15) is 150 Å². The number of amides is 2. The van der Waals surface area contributed by atoms with Crippen LogP contribution in [0.25, 0.3) is 22.3 Å². The Morgan fingerprint density at radius 1 is 0.456 bits per heavy atom. The fourth-order valence-electron chi connectivity index (χ4n) is 8.83. The second kappa shape index (κ2) is 27.5. The fraction of sp³-hybridized carbons (Fsp3) is 0.467. The first-order chi connectivity index (χ1) is 33.5. The van der Waals surface area contributed by atoms with Crippen molar-refractivity contribution in [1.29, 1.82) is 0 Å². The van der Waals surface area contributed by atoms with Crippen molar-refractivity contribution in [2.45, 2.75) is 142 Å². The SMILES string of the molecule is CCCCCCCCN(C(=O)c1ccc(-c2ccc(OCCCCC3CO3)cc2)cc1)c1cccc(N(CCCCCCCC)C(=O)c2ccc(-c3ccc(OCCCCC4CO4)cc3)cc2)c1. The largest absolute Gasteiger partial charge is 0.494 e. The highest BCUT2D eigenvalue weighted by atomic mass is 16.6. The van der Waals surface area contributed by atoms with Crippen LogP contribution in [0.3, 0.4) is 0 Å². The second-order valence-corrected chi connectivity index (χ2v) is 18.8. The molecule has 68 heavy (non-hydrogen) atoms. The van der Waals surface area contributed by atoms with Crippen molar-refractivity contribution in [2.24, 2.45) is 0 Å². The van der Waals surface area contributed by atoms with Crippen molar-refractivity contribution in [3.8, 4) is 33.8 Å². The summed E-state index contributed by atoms with van der Waals surface area (Å²) in [4.78, 5) is 33.0. The maximum Gasteiger partial charge on any atom is 0.258 e. The van der Waals surface area contributed by atoms with Gasteiger partial charge in [-0.05, 0) is 140 Å². The summed E-state index contributed by atoms with van der Waals surface area (Å²) in [5.41, 5.74) is 7.12. The predicted molar refractivity (Wildman–Crippen MR) is 278 cm³/mol. The molecule has 2 saturated heterocycles. The molecule has 8 heteroatoms. The summed E-state index contributed by atoms with van der Waals surface area (Å²) >= 11 is 0. The van der Waals surface area contributed by atoms with E-state index in [9.17, 15) is 9.59 Å². The van der Waals surface area contributed by atoms with Gasteiger partial charge in [0, 0.05) is 35.6 Å². The number of carbonyl (C=O) groups excluding carboxylic acids is 2. The molecule has 0 aliphatic carbocycles. The lowest BCUT2D eigenvalue weighted by Gasteiger charge is -2.27. The van der Waals surface area contributed by atoms with Gasteiger partial charge in [-0.15, -0.1) is 0 Å². The number of epoxide rings is 2. The zero-order valence-electron chi connectivity index (χ0n) is 41.0. The van der Waals surface area contributed by atoms with Gasteiger partial charge in [0.2, 0.25) is 0 Å². The highest BCUT2D eigenvalue weighted by molar-refractivity contribution is 6.08. The first-order valence-electron chi connectivity index (χ1n) is 26.1. The molecule has 2 fully saturated rings. The van der Waals surface area contributed by atoms with Gasteiger partial charge in [0.05, 0.1) is 38.6 Å². The zero-order chi connectivity index (χ0) is 47.2. The van der Waals surface area contributed by atoms with Crippen molar-refractivity contribution < 1.29 is 28.5 Å². The Labute approximate surface area is 407 Å². The number of hydrogen-bond acceptors (Lipinski definition) is 6. The molecule has 2 amide bonds. The topological polar surface area (TPSA) is 84.1 Å². The summed E-state index contributed by atoms with van der Waals surface area (Å²) < 4.78 is 22.6. The highest BCUT2D eigenvalue weighted by Crippen LogP contribution is 2.30. The predicted octanol–water partition coefficient (Wildman–Crippen LogP) is 14.9. The van der Waals surface area contributed by atoms with E-state index in [-0.39, 0.29) is 11.8 Å². The second-order valence-electron chi connectivity index (χ2n) is 18.8. The van der Waals surface area contributed by atoms with E-state index in [1.807, 2.05) is 107 Å². The maximum atomic E-state index is 14.6. The molecule has 8 nitrogen and oxygen atoms in total. The number of benzene rings is 5. The van der Waals surface area contributed by atoms with Gasteiger partial charge in [-0.3, -0.25) is 9.59 Å². The molecular weight excluding hydrogens is 845 g/mol. The zero-order valence-corrected chi connectivity index (χ0v) is 41.0. The molecule has 5 aromatic carbocycles. The number of ether oxygens (including phenoxy) is 4. The van der Waals surface area contributed by atoms with Crippen molar-refractivity contribution in [1.82, 2.24) is 0 Å². The Morgan fingerprint density at radius 2 is 0.809 bits per heavy atom. The van der Waals surface area contributed by atoms with Crippen LogP contribution < -0.4 is 19.3 Å². The number of rotatable bonds is 32. The first-order valence-corrected chi connectivity index (χ1v) is 26.1. The first kappa shape index (κ1) is 50.4. The summed E-state index contributed by atoms with van der Waals surface area (Å²) in [6.07, 6.45) is 21.0.